The molecule has 2 atom stereocenters. The SMILES string of the molecule is CC1CC1CN(C)C(=O)c1ccc2[nH]ccc2c1. The largest absolute Gasteiger partial charge is 0.361 e. The maximum absolute atomic E-state index is 12.3. The molecule has 1 aromatic heterocycles. The first-order valence-electron chi connectivity index (χ1n) is 6.48. The highest BCUT2D eigenvalue weighted by Crippen LogP contribution is 2.38. The minimum atomic E-state index is 0.122. The third-order valence-electron chi connectivity index (χ3n) is 3.93. The van der Waals surface area contributed by atoms with Crippen molar-refractivity contribution in [3.63, 3.8) is 0 Å². The van der Waals surface area contributed by atoms with Gasteiger partial charge in [-0.1, -0.05) is 6.92 Å². The fourth-order valence-electron chi connectivity index (χ4n) is 2.49. The van der Waals surface area contributed by atoms with Gasteiger partial charge in [-0.05, 0) is 42.5 Å². The molecule has 0 aliphatic heterocycles. The van der Waals surface area contributed by atoms with E-state index in [4.69, 9.17) is 0 Å². The molecule has 0 spiro atoms. The van der Waals surface area contributed by atoms with Gasteiger partial charge >= 0.3 is 0 Å². The molecule has 1 aromatic carbocycles. The number of amides is 1. The maximum atomic E-state index is 12.3. The Kier molecular flexibility index (Phi) is 2.62. The molecule has 2 unspecified atom stereocenters. The number of benzene rings is 1. The predicted molar refractivity (Wildman–Crippen MR) is 72.5 cm³/mol. The maximum Gasteiger partial charge on any atom is 0.253 e. The van der Waals surface area contributed by atoms with Crippen LogP contribution in [0.25, 0.3) is 10.9 Å². The van der Waals surface area contributed by atoms with Crippen LogP contribution < -0.4 is 0 Å². The van der Waals surface area contributed by atoms with Gasteiger partial charge < -0.3 is 9.88 Å². The van der Waals surface area contributed by atoms with Crippen molar-refractivity contribution in [1.29, 1.82) is 0 Å². The van der Waals surface area contributed by atoms with Gasteiger partial charge in [-0.25, -0.2) is 0 Å². The molecule has 3 heteroatoms. The number of H-pyrrole nitrogens is 1. The number of hydrogen-bond donors (Lipinski definition) is 1. The zero-order valence-corrected chi connectivity index (χ0v) is 10.8. The third-order valence-corrected chi connectivity index (χ3v) is 3.93. The first-order valence-corrected chi connectivity index (χ1v) is 6.48. The number of aromatic amines is 1. The Bertz CT molecular complexity index is 587. The van der Waals surface area contributed by atoms with Crippen molar-refractivity contribution in [1.82, 2.24) is 9.88 Å². The van der Waals surface area contributed by atoms with E-state index >= 15 is 0 Å². The molecule has 1 aliphatic carbocycles. The number of nitrogens with zero attached hydrogens (tertiary/aromatic N) is 1. The summed E-state index contributed by atoms with van der Waals surface area (Å²) in [5.41, 5.74) is 1.85. The van der Waals surface area contributed by atoms with Crippen LogP contribution in [0.4, 0.5) is 0 Å². The molecule has 1 amide bonds. The standard InChI is InChI=1S/C15H18N2O/c1-10-7-13(10)9-17(2)15(18)12-3-4-14-11(8-12)5-6-16-14/h3-6,8,10,13,16H,7,9H2,1-2H3. The molecular weight excluding hydrogens is 224 g/mol. The van der Waals surface area contributed by atoms with Crippen LogP contribution in [0.15, 0.2) is 30.5 Å². The number of rotatable bonds is 3. The van der Waals surface area contributed by atoms with Gasteiger partial charge in [0, 0.05) is 36.3 Å². The molecule has 0 saturated heterocycles. The van der Waals surface area contributed by atoms with Crippen molar-refractivity contribution in [3.8, 4) is 0 Å². The van der Waals surface area contributed by atoms with Crippen molar-refractivity contribution >= 4 is 16.8 Å². The highest BCUT2D eigenvalue weighted by atomic mass is 16.2. The highest BCUT2D eigenvalue weighted by Gasteiger charge is 2.34. The van der Waals surface area contributed by atoms with E-state index in [9.17, 15) is 4.79 Å². The minimum absolute atomic E-state index is 0.122. The van der Waals surface area contributed by atoms with E-state index < -0.39 is 0 Å². The lowest BCUT2D eigenvalue weighted by molar-refractivity contribution is 0.0787. The molecule has 1 heterocycles. The molecule has 1 N–H and O–H groups in total. The predicted octanol–water partition coefficient (Wildman–Crippen LogP) is 2.90. The summed E-state index contributed by atoms with van der Waals surface area (Å²) in [6, 6.07) is 7.82. The Morgan fingerprint density at radius 3 is 2.94 bits per heavy atom. The van der Waals surface area contributed by atoms with E-state index in [0.29, 0.717) is 5.92 Å². The van der Waals surface area contributed by atoms with Crippen molar-refractivity contribution < 1.29 is 4.79 Å². The number of carbonyl (C=O) groups excluding carboxylic acids is 1. The molecule has 0 radical (unpaired) electrons. The number of aromatic nitrogens is 1. The summed E-state index contributed by atoms with van der Waals surface area (Å²) < 4.78 is 0. The van der Waals surface area contributed by atoms with E-state index in [0.717, 1.165) is 28.9 Å². The normalized spacial score (nSPS) is 22.1. The summed E-state index contributed by atoms with van der Waals surface area (Å²) in [5.74, 6) is 1.61. The average molecular weight is 242 g/mol. The van der Waals surface area contributed by atoms with Crippen LogP contribution in [0.1, 0.15) is 23.7 Å². The fraction of sp³-hybridized carbons (Fsp3) is 0.400. The highest BCUT2D eigenvalue weighted by molar-refractivity contribution is 5.97. The second-order valence-corrected chi connectivity index (χ2v) is 5.44. The number of carbonyl (C=O) groups is 1. The van der Waals surface area contributed by atoms with Crippen molar-refractivity contribution in [2.45, 2.75) is 13.3 Å². The number of nitrogens with one attached hydrogen (secondary N) is 1. The smallest absolute Gasteiger partial charge is 0.253 e. The van der Waals surface area contributed by atoms with Crippen LogP contribution in [-0.4, -0.2) is 29.4 Å². The Labute approximate surface area is 107 Å². The summed E-state index contributed by atoms with van der Waals surface area (Å²) in [6.07, 6.45) is 3.16. The molecule has 94 valence electrons. The molecule has 1 aliphatic rings. The van der Waals surface area contributed by atoms with Crippen molar-refractivity contribution in [3.05, 3.63) is 36.0 Å². The quantitative estimate of drug-likeness (QED) is 0.882. The van der Waals surface area contributed by atoms with E-state index in [1.165, 1.54) is 6.42 Å². The Hall–Kier alpha value is -1.77. The fourth-order valence-corrected chi connectivity index (χ4v) is 2.49. The molecule has 1 saturated carbocycles. The van der Waals surface area contributed by atoms with Gasteiger partial charge in [0.2, 0.25) is 0 Å². The minimum Gasteiger partial charge on any atom is -0.361 e. The number of fused-ring (bicyclic) bond motifs is 1. The van der Waals surface area contributed by atoms with Crippen LogP contribution in [0.5, 0.6) is 0 Å². The second-order valence-electron chi connectivity index (χ2n) is 5.44. The number of hydrogen-bond acceptors (Lipinski definition) is 1. The first-order chi connectivity index (χ1) is 8.65. The monoisotopic (exact) mass is 242 g/mol. The lowest BCUT2D eigenvalue weighted by atomic mass is 10.1. The van der Waals surface area contributed by atoms with Crippen LogP contribution in [-0.2, 0) is 0 Å². The lowest BCUT2D eigenvalue weighted by Gasteiger charge is -2.17. The molecule has 1 fully saturated rings. The lowest BCUT2D eigenvalue weighted by Crippen LogP contribution is -2.29. The van der Waals surface area contributed by atoms with Crippen molar-refractivity contribution in [2.24, 2.45) is 11.8 Å². The van der Waals surface area contributed by atoms with E-state index in [1.54, 1.807) is 0 Å². The van der Waals surface area contributed by atoms with Gasteiger partial charge in [0.05, 0.1) is 0 Å². The van der Waals surface area contributed by atoms with Crippen LogP contribution >= 0.6 is 0 Å². The van der Waals surface area contributed by atoms with E-state index in [2.05, 4.69) is 11.9 Å². The summed E-state index contributed by atoms with van der Waals surface area (Å²) >= 11 is 0. The zero-order valence-electron chi connectivity index (χ0n) is 10.8. The van der Waals surface area contributed by atoms with Gasteiger partial charge in [-0.15, -0.1) is 0 Å². The van der Waals surface area contributed by atoms with Gasteiger partial charge in [0.25, 0.3) is 5.91 Å². The van der Waals surface area contributed by atoms with Crippen LogP contribution in [0.2, 0.25) is 0 Å². The molecule has 0 bridgehead atoms. The van der Waals surface area contributed by atoms with Crippen molar-refractivity contribution in [2.75, 3.05) is 13.6 Å². The second kappa shape index (κ2) is 4.16. The summed E-state index contributed by atoms with van der Waals surface area (Å²) in [7, 11) is 1.90. The molecule has 2 aromatic rings. The van der Waals surface area contributed by atoms with E-state index in [1.807, 2.05) is 42.4 Å². The molecule has 3 rings (SSSR count). The summed E-state index contributed by atoms with van der Waals surface area (Å²) in [5, 5.41) is 1.09. The van der Waals surface area contributed by atoms with Gasteiger partial charge in [-0.3, -0.25) is 4.79 Å². The van der Waals surface area contributed by atoms with Gasteiger partial charge in [0.15, 0.2) is 0 Å². The summed E-state index contributed by atoms with van der Waals surface area (Å²) in [6.45, 7) is 3.13. The molecule has 3 nitrogen and oxygen atoms in total. The third kappa shape index (κ3) is 2.01. The Morgan fingerprint density at radius 1 is 1.44 bits per heavy atom. The Morgan fingerprint density at radius 2 is 2.22 bits per heavy atom. The first kappa shape index (κ1) is 11.3. The molecule has 18 heavy (non-hydrogen) atoms. The van der Waals surface area contributed by atoms with Gasteiger partial charge in [-0.2, -0.15) is 0 Å². The zero-order chi connectivity index (χ0) is 12.7. The Balaban J connectivity index is 1.77. The van der Waals surface area contributed by atoms with E-state index in [-0.39, 0.29) is 5.91 Å². The van der Waals surface area contributed by atoms with Crippen LogP contribution in [0, 0.1) is 11.8 Å². The molecular formula is C15H18N2O. The summed E-state index contributed by atoms with van der Waals surface area (Å²) in [4.78, 5) is 17.3. The topological polar surface area (TPSA) is 36.1 Å². The van der Waals surface area contributed by atoms with Gasteiger partial charge in [0.1, 0.15) is 0 Å². The van der Waals surface area contributed by atoms with Crippen LogP contribution in [0.3, 0.4) is 0 Å². The average Bonchev–Trinajstić information content (AvgIpc) is 2.89.